The molecule has 0 fully saturated rings. The lowest BCUT2D eigenvalue weighted by atomic mass is 9.99. The molecule has 1 aromatic heterocycles. The number of aromatic nitrogens is 2. The molecule has 6 rings (SSSR count). The lowest BCUT2D eigenvalue weighted by Crippen LogP contribution is -2.42. The zero-order valence-corrected chi connectivity index (χ0v) is 26.5. The second-order valence-electron chi connectivity index (χ2n) is 10.9. The molecule has 1 aliphatic rings. The van der Waals surface area contributed by atoms with Crippen LogP contribution in [-0.4, -0.2) is 48.1 Å². The first-order chi connectivity index (χ1) is 22.4. The van der Waals surface area contributed by atoms with Gasteiger partial charge < -0.3 is 14.8 Å². The predicted molar refractivity (Wildman–Crippen MR) is 178 cm³/mol. The number of aryl methyl sites for hydroxylation is 1. The van der Waals surface area contributed by atoms with Crippen LogP contribution in [0, 0.1) is 12.7 Å². The summed E-state index contributed by atoms with van der Waals surface area (Å²) in [6.07, 6.45) is 0. The average molecular weight is 637 g/mol. The van der Waals surface area contributed by atoms with Crippen molar-refractivity contribution in [2.75, 3.05) is 31.4 Å². The summed E-state index contributed by atoms with van der Waals surface area (Å²) in [7, 11) is 3.18. The van der Waals surface area contributed by atoms with Gasteiger partial charge in [0, 0.05) is 17.7 Å². The van der Waals surface area contributed by atoms with E-state index in [-0.39, 0.29) is 41.7 Å². The fraction of sp³-hybridized carbons (Fsp3) is 0.194. The second kappa shape index (κ2) is 13.5. The number of carbonyl (C=O) groups is 2. The minimum atomic E-state index is -0.351. The Morgan fingerprint density at radius 3 is 2.43 bits per heavy atom. The summed E-state index contributed by atoms with van der Waals surface area (Å²) >= 11 is 1.48. The van der Waals surface area contributed by atoms with E-state index in [1.54, 1.807) is 31.0 Å². The van der Waals surface area contributed by atoms with Gasteiger partial charge in [0.15, 0.2) is 11.5 Å². The molecule has 0 radical (unpaired) electrons. The summed E-state index contributed by atoms with van der Waals surface area (Å²) in [5.74, 6) is 0.896. The monoisotopic (exact) mass is 636 g/mol. The number of hydrogen-bond acceptors (Lipinski definition) is 6. The number of methoxy groups -OCH3 is 2. The van der Waals surface area contributed by atoms with Crippen molar-refractivity contribution >= 4 is 29.4 Å². The summed E-state index contributed by atoms with van der Waals surface area (Å²) in [6.45, 7) is 1.97. The Kier molecular flexibility index (Phi) is 9.07. The number of amides is 2. The summed E-state index contributed by atoms with van der Waals surface area (Å²) in [5, 5.41) is 7.71. The van der Waals surface area contributed by atoms with Gasteiger partial charge in [-0.1, -0.05) is 60.7 Å². The van der Waals surface area contributed by atoms with E-state index in [1.165, 1.54) is 28.8 Å². The molecule has 5 aromatic rings. The van der Waals surface area contributed by atoms with Gasteiger partial charge in [0.1, 0.15) is 18.2 Å². The zero-order chi connectivity index (χ0) is 32.2. The summed E-state index contributed by atoms with van der Waals surface area (Å²) in [6, 6.07) is 29.4. The van der Waals surface area contributed by atoms with Gasteiger partial charge in [-0.05, 0) is 60.0 Å². The Hall–Kier alpha value is -5.09. The lowest BCUT2D eigenvalue weighted by molar-refractivity contribution is -0.123. The summed E-state index contributed by atoms with van der Waals surface area (Å²) < 4.78 is 26.3. The van der Waals surface area contributed by atoms with Crippen LogP contribution in [0.2, 0.25) is 0 Å². The molecule has 1 atom stereocenters. The van der Waals surface area contributed by atoms with Crippen molar-refractivity contribution in [1.29, 1.82) is 0 Å². The number of carbonyl (C=O) groups excluding carboxylic acids is 2. The molecular weight excluding hydrogens is 603 g/mol. The van der Waals surface area contributed by atoms with Crippen LogP contribution in [0.4, 0.5) is 10.2 Å². The molecule has 4 aromatic carbocycles. The molecule has 0 spiro atoms. The van der Waals surface area contributed by atoms with Gasteiger partial charge >= 0.3 is 0 Å². The molecule has 2 amide bonds. The number of rotatable bonds is 9. The molecular formula is C36H33FN4O4S. The molecule has 234 valence electrons. The van der Waals surface area contributed by atoms with Gasteiger partial charge in [0.25, 0.3) is 0 Å². The number of ether oxygens (including phenoxy) is 2. The van der Waals surface area contributed by atoms with E-state index in [9.17, 15) is 14.0 Å². The van der Waals surface area contributed by atoms with E-state index in [4.69, 9.17) is 14.6 Å². The number of thioether (sulfide) groups is 1. The Balaban J connectivity index is 1.51. The number of fused-ring (bicyclic) bond motifs is 1. The number of nitrogens with zero attached hydrogens (tertiary/aromatic N) is 3. The van der Waals surface area contributed by atoms with Crippen molar-refractivity contribution in [3.05, 3.63) is 125 Å². The first kappa shape index (κ1) is 30.9. The number of nitrogens with one attached hydrogen (secondary N) is 1. The van der Waals surface area contributed by atoms with Crippen LogP contribution in [0.25, 0.3) is 16.9 Å². The molecule has 1 aliphatic heterocycles. The molecule has 0 saturated heterocycles. The maximum atomic E-state index is 14.0. The number of hydrogen-bond donors (Lipinski definition) is 1. The smallest absolute Gasteiger partial charge is 0.240 e. The second-order valence-corrected chi connectivity index (χ2v) is 12.0. The average Bonchev–Trinajstić information content (AvgIpc) is 3.41. The third-order valence-electron chi connectivity index (χ3n) is 7.80. The fourth-order valence-electron chi connectivity index (χ4n) is 5.55. The zero-order valence-electron chi connectivity index (χ0n) is 25.7. The van der Waals surface area contributed by atoms with Gasteiger partial charge in [-0.25, -0.2) is 9.07 Å². The molecule has 8 nitrogen and oxygen atoms in total. The third-order valence-corrected chi connectivity index (χ3v) is 9.05. The van der Waals surface area contributed by atoms with Crippen molar-refractivity contribution < 1.29 is 23.5 Å². The Morgan fingerprint density at radius 2 is 1.72 bits per heavy atom. The maximum absolute atomic E-state index is 14.0. The molecule has 0 saturated carbocycles. The van der Waals surface area contributed by atoms with Gasteiger partial charge in [-0.15, -0.1) is 11.8 Å². The van der Waals surface area contributed by atoms with Gasteiger partial charge in [0.05, 0.1) is 36.6 Å². The van der Waals surface area contributed by atoms with E-state index >= 15 is 0 Å². The highest BCUT2D eigenvalue weighted by atomic mass is 32.2. The van der Waals surface area contributed by atoms with Crippen molar-refractivity contribution in [1.82, 2.24) is 15.1 Å². The van der Waals surface area contributed by atoms with Crippen LogP contribution >= 0.6 is 11.8 Å². The first-order valence-electron chi connectivity index (χ1n) is 14.8. The van der Waals surface area contributed by atoms with Gasteiger partial charge in [0.2, 0.25) is 11.8 Å². The molecule has 0 bridgehead atoms. The van der Waals surface area contributed by atoms with E-state index in [0.29, 0.717) is 23.0 Å². The standard InChI is InChI=1S/C36H33FN4O4S/c1-23-8-7-11-28(18-23)41-36-33(34(39-41)25-9-5-4-6-10-25)35(26-14-17-29(44-2)30(19-26)45-3)46-22-32(43)40(36)21-31(42)38-20-24-12-15-27(37)16-13-24/h4-19,35H,20-22H2,1-3H3,(H,38,42)/t35-/m0/s1. The molecule has 2 heterocycles. The molecule has 1 N–H and O–H groups in total. The highest BCUT2D eigenvalue weighted by Crippen LogP contribution is 2.49. The molecule has 46 heavy (non-hydrogen) atoms. The van der Waals surface area contributed by atoms with Crippen LogP contribution in [0.15, 0.2) is 97.1 Å². The highest BCUT2D eigenvalue weighted by Gasteiger charge is 2.38. The Labute approximate surface area is 271 Å². The Bertz CT molecular complexity index is 1880. The molecule has 0 unspecified atom stereocenters. The van der Waals surface area contributed by atoms with Crippen LogP contribution in [0.1, 0.15) is 27.5 Å². The normalized spacial score (nSPS) is 14.4. The SMILES string of the molecule is COc1ccc([C@@H]2SCC(=O)N(CC(=O)NCc3ccc(F)cc3)c3c2c(-c2ccccc2)nn3-c2cccc(C)c2)cc1OC. The van der Waals surface area contributed by atoms with E-state index in [0.717, 1.165) is 33.5 Å². The quantitative estimate of drug-likeness (QED) is 0.199. The summed E-state index contributed by atoms with van der Waals surface area (Å²) in [4.78, 5) is 29.0. The molecule has 10 heteroatoms. The van der Waals surface area contributed by atoms with Gasteiger partial charge in [-0.2, -0.15) is 5.10 Å². The summed E-state index contributed by atoms with van der Waals surface area (Å²) in [5.41, 5.74) is 5.83. The van der Waals surface area contributed by atoms with Crippen molar-refractivity contribution in [2.24, 2.45) is 0 Å². The van der Waals surface area contributed by atoms with Crippen LogP contribution in [0.3, 0.4) is 0 Å². The third kappa shape index (κ3) is 6.34. The van der Waals surface area contributed by atoms with Crippen LogP contribution < -0.4 is 19.7 Å². The van der Waals surface area contributed by atoms with E-state index < -0.39 is 0 Å². The Morgan fingerprint density at radius 1 is 0.957 bits per heavy atom. The topological polar surface area (TPSA) is 85.7 Å². The van der Waals surface area contributed by atoms with Crippen LogP contribution in [0.5, 0.6) is 11.5 Å². The van der Waals surface area contributed by atoms with Crippen LogP contribution in [-0.2, 0) is 16.1 Å². The van der Waals surface area contributed by atoms with Crippen molar-refractivity contribution in [2.45, 2.75) is 18.7 Å². The lowest BCUT2D eigenvalue weighted by Gasteiger charge is -2.23. The number of halogens is 1. The fourth-order valence-corrected chi connectivity index (χ4v) is 6.74. The predicted octanol–water partition coefficient (Wildman–Crippen LogP) is 6.49. The number of benzene rings is 4. The van der Waals surface area contributed by atoms with E-state index in [1.807, 2.05) is 79.7 Å². The van der Waals surface area contributed by atoms with E-state index in [2.05, 4.69) is 5.32 Å². The number of anilines is 1. The minimum absolute atomic E-state index is 0.126. The van der Waals surface area contributed by atoms with Gasteiger partial charge in [-0.3, -0.25) is 14.5 Å². The molecule has 0 aliphatic carbocycles. The first-order valence-corrected chi connectivity index (χ1v) is 15.8. The largest absolute Gasteiger partial charge is 0.493 e. The highest BCUT2D eigenvalue weighted by molar-refractivity contribution is 8.00. The minimum Gasteiger partial charge on any atom is -0.493 e. The van der Waals surface area contributed by atoms with Crippen molar-refractivity contribution in [3.63, 3.8) is 0 Å². The maximum Gasteiger partial charge on any atom is 0.240 e. The van der Waals surface area contributed by atoms with Crippen molar-refractivity contribution in [3.8, 4) is 28.4 Å².